The molecule has 0 aliphatic heterocycles. The van der Waals surface area contributed by atoms with Crippen molar-refractivity contribution in [2.75, 3.05) is 0 Å². The topological polar surface area (TPSA) is 119 Å². The Morgan fingerprint density at radius 3 is 0.945 bits per heavy atom. The molecule has 0 aliphatic rings. The van der Waals surface area contributed by atoms with Crippen molar-refractivity contribution in [2.24, 2.45) is 59.2 Å². The van der Waals surface area contributed by atoms with Crippen molar-refractivity contribution in [3.63, 3.8) is 0 Å². The molecule has 0 saturated carbocycles. The van der Waals surface area contributed by atoms with Crippen LogP contribution in [0.5, 0.6) is 0 Å². The van der Waals surface area contributed by atoms with Crippen molar-refractivity contribution in [3.05, 3.63) is 0 Å². The van der Waals surface area contributed by atoms with E-state index in [2.05, 4.69) is 111 Å². The highest BCUT2D eigenvalue weighted by molar-refractivity contribution is 5.80. The largest absolute Gasteiger partial charge is 0.300 e. The molecule has 2 atom stereocenters. The molecule has 0 radical (unpaired) electrons. The van der Waals surface area contributed by atoms with Crippen LogP contribution in [0.4, 0.5) is 0 Å². The van der Waals surface area contributed by atoms with Crippen LogP contribution in [0.3, 0.4) is 0 Å². The van der Waals surface area contributed by atoms with Gasteiger partial charge in [0.1, 0.15) is 40.5 Å². The number of hydrogen-bond donors (Lipinski definition) is 0. The Morgan fingerprint density at radius 2 is 0.630 bits per heavy atom. The summed E-state index contributed by atoms with van der Waals surface area (Å²) in [4.78, 5) is 74.7. The predicted octanol–water partition coefficient (Wildman–Crippen LogP) is 20.3. The Bertz CT molecular complexity index is 1270. The maximum atomic E-state index is 11.1. The zero-order valence-electron chi connectivity index (χ0n) is 53.8. The van der Waals surface area contributed by atoms with Crippen LogP contribution >= 0.6 is 0 Å². The lowest BCUT2D eigenvalue weighted by atomic mass is 9.88. The molecular weight excluding hydrogens is 905 g/mol. The smallest absolute Gasteiger partial charge is 0.135 e. The summed E-state index contributed by atoms with van der Waals surface area (Å²) in [7, 11) is 0. The summed E-state index contributed by atoms with van der Waals surface area (Å²) >= 11 is 0. The maximum Gasteiger partial charge on any atom is 0.135 e. The van der Waals surface area contributed by atoms with E-state index in [1.54, 1.807) is 34.6 Å². The van der Waals surface area contributed by atoms with Crippen molar-refractivity contribution in [1.29, 1.82) is 0 Å². The van der Waals surface area contributed by atoms with Crippen molar-refractivity contribution >= 4 is 40.5 Å². The zero-order valence-corrected chi connectivity index (χ0v) is 53.8. The second-order valence-electron chi connectivity index (χ2n) is 24.7. The first kappa shape index (κ1) is 84.6. The summed E-state index contributed by atoms with van der Waals surface area (Å²) in [6, 6.07) is 0. The molecule has 7 nitrogen and oxygen atoms in total. The van der Waals surface area contributed by atoms with Gasteiger partial charge in [-0.05, 0) is 139 Å². The van der Waals surface area contributed by atoms with Crippen LogP contribution in [0.2, 0.25) is 0 Å². The molecule has 7 heteroatoms. The molecule has 0 aromatic heterocycles. The normalized spacial score (nSPS) is 11.5. The molecule has 0 rings (SSSR count). The molecule has 438 valence electrons. The van der Waals surface area contributed by atoms with Crippen LogP contribution in [0.25, 0.3) is 0 Å². The van der Waals surface area contributed by atoms with E-state index in [0.29, 0.717) is 52.8 Å². The standard InChI is InChI=1S/4C10H20O.2C9H18O.C8H16O/c1-8(2)7-9(3)5-6-10(4)11;1-8(2)6-5-7-10(11)9(3)4;1-9(2)7-5-4-6-8-10(3)11;1-5-10(8(2)3)7-6-9(4)11;1-8(2)6-4-5-7-9(3)10;1-4-9(10)7-5-6-8(2)3;1-7(2)5-4-6-8(3)9/h2*8-9H,5-7H2,1-4H3;9H,4-8H2,1-3H3;8,10H,5-7H2,1-4H3;2*8H,4-7H2,1-3H3;7H,4-6H2,1-3H3. The highest BCUT2D eigenvalue weighted by Gasteiger charge is 2.11. The van der Waals surface area contributed by atoms with Crippen molar-refractivity contribution < 1.29 is 33.6 Å². The predicted molar refractivity (Wildman–Crippen MR) is 322 cm³/mol. The Labute approximate surface area is 458 Å². The molecular formula is C66H132O7. The van der Waals surface area contributed by atoms with E-state index in [1.165, 1.54) is 64.2 Å². The number of hydrogen-bond acceptors (Lipinski definition) is 7. The summed E-state index contributed by atoms with van der Waals surface area (Å²) < 4.78 is 0. The van der Waals surface area contributed by atoms with Gasteiger partial charge in [-0.3, -0.25) is 9.59 Å². The molecule has 2 unspecified atom stereocenters. The summed E-state index contributed by atoms with van der Waals surface area (Å²) in [6.07, 6.45) is 25.8. The Hall–Kier alpha value is -2.31. The minimum Gasteiger partial charge on any atom is -0.300 e. The second-order valence-corrected chi connectivity index (χ2v) is 24.7. The molecule has 0 N–H and O–H groups in total. The van der Waals surface area contributed by atoms with E-state index in [1.807, 2.05) is 20.8 Å². The van der Waals surface area contributed by atoms with Gasteiger partial charge in [0.25, 0.3) is 0 Å². The Morgan fingerprint density at radius 1 is 0.315 bits per heavy atom. The lowest BCUT2D eigenvalue weighted by molar-refractivity contribution is -0.122. The maximum absolute atomic E-state index is 11.1. The summed E-state index contributed by atoms with van der Waals surface area (Å²) in [5.74, 6) is 9.38. The van der Waals surface area contributed by atoms with Crippen molar-refractivity contribution in [1.82, 2.24) is 0 Å². The number of rotatable bonds is 35. The number of unbranched alkanes of at least 4 members (excludes halogenated alkanes) is 3. The van der Waals surface area contributed by atoms with Gasteiger partial charge in [0.15, 0.2) is 0 Å². The summed E-state index contributed by atoms with van der Waals surface area (Å²) in [6.45, 7) is 49.6. The number of ketones is 7. The van der Waals surface area contributed by atoms with Gasteiger partial charge in [0, 0.05) is 57.3 Å². The quantitative estimate of drug-likeness (QED) is 0.0580. The lowest BCUT2D eigenvalue weighted by Gasteiger charge is -2.17. The molecule has 0 amide bonds. The minimum absolute atomic E-state index is 0.224. The molecule has 73 heavy (non-hydrogen) atoms. The van der Waals surface area contributed by atoms with Crippen molar-refractivity contribution in [2.45, 2.75) is 327 Å². The van der Waals surface area contributed by atoms with Gasteiger partial charge in [-0.2, -0.15) is 0 Å². The third-order valence-corrected chi connectivity index (χ3v) is 12.4. The highest BCUT2D eigenvalue weighted by atomic mass is 16.1. The van der Waals surface area contributed by atoms with E-state index < -0.39 is 0 Å². The minimum atomic E-state index is 0.224. The van der Waals surface area contributed by atoms with Gasteiger partial charge >= 0.3 is 0 Å². The fourth-order valence-electron chi connectivity index (χ4n) is 7.42. The summed E-state index contributed by atoms with van der Waals surface area (Å²) in [5, 5.41) is 0. The van der Waals surface area contributed by atoms with Gasteiger partial charge in [-0.25, -0.2) is 0 Å². The molecule has 0 heterocycles. The SMILES string of the molecule is CC(=O)CCC(C)CC(C)C.CC(=O)CCCC(C)C.CC(=O)CCCCC(C)C.CC(=O)CCCCCC(C)C.CC(C)CCCC(=O)C(C)C.CCC(=O)CCCC(C)C.CCC(CCC(C)=O)C(C)C. The van der Waals surface area contributed by atoms with Gasteiger partial charge in [0.05, 0.1) is 0 Å². The van der Waals surface area contributed by atoms with E-state index >= 15 is 0 Å². The number of carbonyl (C=O) groups is 7. The van der Waals surface area contributed by atoms with Crippen LogP contribution in [-0.4, -0.2) is 40.5 Å². The number of carbonyl (C=O) groups excluding carboxylic acids is 7. The third kappa shape index (κ3) is 99.4. The Kier molecular flexibility index (Phi) is 70.2. The average Bonchev–Trinajstić information content (AvgIpc) is 3.24. The van der Waals surface area contributed by atoms with Gasteiger partial charge in [0.2, 0.25) is 0 Å². The summed E-state index contributed by atoms with van der Waals surface area (Å²) in [5.41, 5.74) is 0. The van der Waals surface area contributed by atoms with Gasteiger partial charge in [-0.15, -0.1) is 0 Å². The highest BCUT2D eigenvalue weighted by Crippen LogP contribution is 2.20. The molecule has 0 aromatic rings. The molecule has 0 spiro atoms. The molecule has 0 aliphatic carbocycles. The van der Waals surface area contributed by atoms with E-state index in [4.69, 9.17) is 0 Å². The third-order valence-electron chi connectivity index (χ3n) is 12.4. The van der Waals surface area contributed by atoms with E-state index in [9.17, 15) is 33.6 Å². The first-order valence-corrected chi connectivity index (χ1v) is 30.2. The zero-order chi connectivity index (χ0) is 58.5. The van der Waals surface area contributed by atoms with Crippen LogP contribution in [0.15, 0.2) is 0 Å². The van der Waals surface area contributed by atoms with Crippen LogP contribution in [0, 0.1) is 59.2 Å². The van der Waals surface area contributed by atoms with Crippen LogP contribution < -0.4 is 0 Å². The number of Topliss-reactive ketones (excluding diaryl/α,β-unsaturated/α-hetero) is 7. The monoisotopic (exact) mass is 1040 g/mol. The molecule has 0 saturated heterocycles. The Balaban J connectivity index is -0.000000139. The fraction of sp³-hybridized carbons (Fsp3) is 0.894. The fourth-order valence-corrected chi connectivity index (χ4v) is 7.42. The molecule has 0 fully saturated rings. The first-order valence-electron chi connectivity index (χ1n) is 30.2. The van der Waals surface area contributed by atoms with Crippen LogP contribution in [-0.2, 0) is 33.6 Å². The van der Waals surface area contributed by atoms with Gasteiger partial charge in [-0.1, -0.05) is 189 Å². The second kappa shape index (κ2) is 60.6. The molecule has 0 aromatic carbocycles. The van der Waals surface area contributed by atoms with E-state index in [-0.39, 0.29) is 5.92 Å². The van der Waals surface area contributed by atoms with Crippen molar-refractivity contribution in [3.8, 4) is 0 Å². The first-order chi connectivity index (χ1) is 33.7. The molecule has 0 bridgehead atoms. The van der Waals surface area contributed by atoms with Gasteiger partial charge < -0.3 is 24.0 Å². The lowest BCUT2D eigenvalue weighted by Crippen LogP contribution is -2.08. The van der Waals surface area contributed by atoms with Crippen LogP contribution in [0.1, 0.15) is 327 Å². The average molecular weight is 1040 g/mol. The van der Waals surface area contributed by atoms with E-state index in [0.717, 1.165) is 137 Å².